The van der Waals surface area contributed by atoms with Crippen LogP contribution < -0.4 is 5.32 Å². The van der Waals surface area contributed by atoms with Gasteiger partial charge in [0.1, 0.15) is 0 Å². The lowest BCUT2D eigenvalue weighted by Gasteiger charge is -2.43. The summed E-state index contributed by atoms with van der Waals surface area (Å²) in [6.07, 6.45) is 8.52. The number of nitrogens with zero attached hydrogens (tertiary/aromatic N) is 2. The molecule has 1 fully saturated rings. The Morgan fingerprint density at radius 1 is 1.00 bits per heavy atom. The first-order valence-electron chi connectivity index (χ1n) is 10.1. The molecule has 1 N–H and O–H groups in total. The Balaban J connectivity index is 1.98. The van der Waals surface area contributed by atoms with E-state index in [9.17, 15) is 0 Å². The van der Waals surface area contributed by atoms with E-state index in [1.54, 1.807) is 0 Å². The van der Waals surface area contributed by atoms with E-state index in [0.29, 0.717) is 6.17 Å². The molecule has 1 heterocycles. The van der Waals surface area contributed by atoms with Crippen LogP contribution in [0.2, 0.25) is 0 Å². The quantitative estimate of drug-likeness (QED) is 0.616. The second-order valence-electron chi connectivity index (χ2n) is 7.09. The molecule has 0 radical (unpaired) electrons. The van der Waals surface area contributed by atoms with Gasteiger partial charge in [-0.15, -0.1) is 0 Å². The molecule has 1 unspecified atom stereocenters. The summed E-state index contributed by atoms with van der Waals surface area (Å²) in [7, 11) is 0. The average molecular weight is 332 g/mol. The first kappa shape index (κ1) is 19.4. The fourth-order valence-corrected chi connectivity index (χ4v) is 3.63. The molecule has 136 valence electrons. The highest BCUT2D eigenvalue weighted by molar-refractivity contribution is 5.14. The van der Waals surface area contributed by atoms with Crippen LogP contribution in [0.15, 0.2) is 30.3 Å². The van der Waals surface area contributed by atoms with Gasteiger partial charge in [0.2, 0.25) is 0 Å². The minimum atomic E-state index is 0.549. The van der Waals surface area contributed by atoms with Gasteiger partial charge in [-0.1, -0.05) is 69.9 Å². The number of unbranched alkanes of at least 4 members (excludes halogenated alkanes) is 4. The zero-order valence-electron chi connectivity index (χ0n) is 15.8. The maximum absolute atomic E-state index is 3.63. The van der Waals surface area contributed by atoms with Crippen LogP contribution in [-0.4, -0.2) is 48.7 Å². The van der Waals surface area contributed by atoms with Gasteiger partial charge < -0.3 is 5.32 Å². The van der Waals surface area contributed by atoms with Crippen molar-refractivity contribution in [1.82, 2.24) is 15.1 Å². The summed E-state index contributed by atoms with van der Waals surface area (Å²) in [6, 6.07) is 11.0. The van der Waals surface area contributed by atoms with Crippen LogP contribution in [0.25, 0.3) is 0 Å². The summed E-state index contributed by atoms with van der Waals surface area (Å²) in [4.78, 5) is 5.43. The molecular weight excluding hydrogens is 294 g/mol. The minimum Gasteiger partial charge on any atom is -0.313 e. The Kier molecular flexibility index (Phi) is 9.40. The van der Waals surface area contributed by atoms with E-state index in [-0.39, 0.29) is 0 Å². The van der Waals surface area contributed by atoms with Crippen molar-refractivity contribution in [2.24, 2.45) is 0 Å². The Bertz CT molecular complexity index is 410. The molecule has 0 aliphatic carbocycles. The fraction of sp³-hybridized carbons (Fsp3) is 0.714. The Hall–Kier alpha value is -0.900. The van der Waals surface area contributed by atoms with Gasteiger partial charge in [-0.05, 0) is 31.5 Å². The second-order valence-corrected chi connectivity index (χ2v) is 7.09. The van der Waals surface area contributed by atoms with Crippen LogP contribution in [-0.2, 0) is 6.54 Å². The van der Waals surface area contributed by atoms with Crippen molar-refractivity contribution in [3.8, 4) is 0 Å². The van der Waals surface area contributed by atoms with Crippen molar-refractivity contribution in [1.29, 1.82) is 0 Å². The SMILES string of the molecule is CCCCCN(CCCCC)C1CNCCN1Cc1ccccc1. The molecule has 0 saturated carbocycles. The summed E-state index contributed by atoms with van der Waals surface area (Å²) >= 11 is 0. The Morgan fingerprint density at radius 3 is 2.29 bits per heavy atom. The molecule has 2 rings (SSSR count). The topological polar surface area (TPSA) is 18.5 Å². The Labute approximate surface area is 149 Å². The molecule has 3 heteroatoms. The van der Waals surface area contributed by atoms with Crippen molar-refractivity contribution < 1.29 is 0 Å². The number of benzene rings is 1. The number of piperazine rings is 1. The van der Waals surface area contributed by atoms with Gasteiger partial charge in [0.15, 0.2) is 0 Å². The van der Waals surface area contributed by atoms with Crippen LogP contribution in [0.3, 0.4) is 0 Å². The van der Waals surface area contributed by atoms with Crippen LogP contribution in [0.4, 0.5) is 0 Å². The van der Waals surface area contributed by atoms with Gasteiger partial charge in [-0.2, -0.15) is 0 Å². The van der Waals surface area contributed by atoms with Gasteiger partial charge in [-0.3, -0.25) is 9.80 Å². The Morgan fingerprint density at radius 2 is 1.67 bits per heavy atom. The van der Waals surface area contributed by atoms with Crippen molar-refractivity contribution in [2.45, 2.75) is 65.1 Å². The normalized spacial score (nSPS) is 19.0. The third-order valence-corrected chi connectivity index (χ3v) is 5.07. The summed E-state index contributed by atoms with van der Waals surface area (Å²) < 4.78 is 0. The predicted octanol–water partition coefficient (Wildman–Crippen LogP) is 4.10. The maximum Gasteiger partial charge on any atom is 0.0754 e. The highest BCUT2D eigenvalue weighted by Gasteiger charge is 2.27. The standard InChI is InChI=1S/C21H37N3/c1-3-5-10-15-23(16-11-6-4-2)21-18-22-14-17-24(21)19-20-12-8-7-9-13-20/h7-9,12-13,21-22H,3-6,10-11,14-19H2,1-2H3. The molecular formula is C21H37N3. The monoisotopic (exact) mass is 331 g/mol. The van der Waals surface area contributed by atoms with E-state index >= 15 is 0 Å². The molecule has 3 nitrogen and oxygen atoms in total. The third-order valence-electron chi connectivity index (χ3n) is 5.07. The molecule has 1 aliphatic rings. The summed E-state index contributed by atoms with van der Waals surface area (Å²) in [5, 5.41) is 3.63. The number of rotatable bonds is 11. The molecule has 1 aromatic carbocycles. The first-order valence-corrected chi connectivity index (χ1v) is 10.1. The molecule has 1 atom stereocenters. The van der Waals surface area contributed by atoms with Gasteiger partial charge in [0.05, 0.1) is 6.17 Å². The third kappa shape index (κ3) is 6.54. The average Bonchev–Trinajstić information content (AvgIpc) is 2.62. The number of nitrogens with one attached hydrogen (secondary N) is 1. The minimum absolute atomic E-state index is 0.549. The fourth-order valence-electron chi connectivity index (χ4n) is 3.63. The molecule has 0 amide bonds. The van der Waals surface area contributed by atoms with Crippen molar-refractivity contribution in [3.05, 3.63) is 35.9 Å². The lowest BCUT2D eigenvalue weighted by Crippen LogP contribution is -2.59. The molecule has 1 saturated heterocycles. The molecule has 1 aliphatic heterocycles. The van der Waals surface area contributed by atoms with Crippen LogP contribution in [0.5, 0.6) is 0 Å². The van der Waals surface area contributed by atoms with Gasteiger partial charge in [0, 0.05) is 26.2 Å². The molecule has 0 aromatic heterocycles. The van der Waals surface area contributed by atoms with E-state index in [4.69, 9.17) is 0 Å². The molecule has 1 aromatic rings. The van der Waals surface area contributed by atoms with Crippen LogP contribution in [0, 0.1) is 0 Å². The van der Waals surface area contributed by atoms with Gasteiger partial charge in [0.25, 0.3) is 0 Å². The van der Waals surface area contributed by atoms with E-state index in [0.717, 1.165) is 26.2 Å². The van der Waals surface area contributed by atoms with E-state index in [1.165, 1.54) is 57.2 Å². The molecule has 0 spiro atoms. The highest BCUT2D eigenvalue weighted by Crippen LogP contribution is 2.16. The van der Waals surface area contributed by atoms with Crippen molar-refractivity contribution in [2.75, 3.05) is 32.7 Å². The largest absolute Gasteiger partial charge is 0.313 e. The van der Waals surface area contributed by atoms with Crippen molar-refractivity contribution in [3.63, 3.8) is 0 Å². The summed E-state index contributed by atoms with van der Waals surface area (Å²) in [5.74, 6) is 0. The smallest absolute Gasteiger partial charge is 0.0754 e. The summed E-state index contributed by atoms with van der Waals surface area (Å²) in [6.45, 7) is 11.5. The predicted molar refractivity (Wildman–Crippen MR) is 104 cm³/mol. The van der Waals surface area contributed by atoms with Crippen LogP contribution >= 0.6 is 0 Å². The first-order chi connectivity index (χ1) is 11.8. The van der Waals surface area contributed by atoms with Crippen LogP contribution in [0.1, 0.15) is 57.9 Å². The molecule has 0 bridgehead atoms. The second kappa shape index (κ2) is 11.6. The number of hydrogen-bond donors (Lipinski definition) is 1. The zero-order valence-corrected chi connectivity index (χ0v) is 15.8. The van der Waals surface area contributed by atoms with Crippen molar-refractivity contribution >= 4 is 0 Å². The number of hydrogen-bond acceptors (Lipinski definition) is 3. The lowest BCUT2D eigenvalue weighted by molar-refractivity contribution is 0.0161. The summed E-state index contributed by atoms with van der Waals surface area (Å²) in [5.41, 5.74) is 1.44. The van der Waals surface area contributed by atoms with E-state index in [1.807, 2.05) is 0 Å². The van der Waals surface area contributed by atoms with E-state index < -0.39 is 0 Å². The lowest BCUT2D eigenvalue weighted by atomic mass is 10.1. The van der Waals surface area contributed by atoms with E-state index in [2.05, 4.69) is 59.3 Å². The van der Waals surface area contributed by atoms with Gasteiger partial charge in [-0.25, -0.2) is 0 Å². The highest BCUT2D eigenvalue weighted by atomic mass is 15.4. The van der Waals surface area contributed by atoms with Gasteiger partial charge >= 0.3 is 0 Å². The maximum atomic E-state index is 3.63. The molecule has 24 heavy (non-hydrogen) atoms. The zero-order chi connectivity index (χ0) is 17.0.